The number of carbonyl (C=O) groups is 2. The third kappa shape index (κ3) is 5.65. The van der Waals surface area contributed by atoms with Gasteiger partial charge in [-0.1, -0.05) is 0 Å². The first-order valence-corrected chi connectivity index (χ1v) is 7.68. The zero-order chi connectivity index (χ0) is 15.3. The number of sulfone groups is 1. The second-order valence-corrected chi connectivity index (χ2v) is 6.51. The van der Waals surface area contributed by atoms with Crippen molar-refractivity contribution >= 4 is 27.5 Å². The van der Waals surface area contributed by atoms with Gasteiger partial charge >= 0.3 is 12.0 Å². The third-order valence-electron chi connectivity index (χ3n) is 2.17. The smallest absolute Gasteiger partial charge is 0.354 e. The molecule has 0 radical (unpaired) electrons. The predicted molar refractivity (Wildman–Crippen MR) is 72.5 cm³/mol. The Labute approximate surface area is 116 Å². The van der Waals surface area contributed by atoms with E-state index >= 15 is 0 Å². The quantitative estimate of drug-likeness (QED) is 0.719. The van der Waals surface area contributed by atoms with Gasteiger partial charge in [-0.25, -0.2) is 23.0 Å². The Morgan fingerprint density at radius 3 is 2.50 bits per heavy atom. The van der Waals surface area contributed by atoms with Crippen LogP contribution in [-0.4, -0.2) is 48.6 Å². The zero-order valence-corrected chi connectivity index (χ0v) is 11.8. The zero-order valence-electron chi connectivity index (χ0n) is 11.0. The molecule has 8 nitrogen and oxygen atoms in total. The summed E-state index contributed by atoms with van der Waals surface area (Å²) in [6, 6.07) is 1.50. The molecular formula is C11H15N3O5S. The van der Waals surface area contributed by atoms with Crippen LogP contribution in [0.4, 0.5) is 10.5 Å². The normalized spacial score (nSPS) is 12.5. The summed E-state index contributed by atoms with van der Waals surface area (Å²) in [6.45, 7) is 1.56. The number of carboxylic acid groups (broad SMARTS) is 1. The van der Waals surface area contributed by atoms with E-state index in [1.807, 2.05) is 0 Å². The fourth-order valence-corrected chi connectivity index (χ4v) is 2.47. The van der Waals surface area contributed by atoms with Crippen molar-refractivity contribution in [2.75, 3.05) is 17.3 Å². The van der Waals surface area contributed by atoms with Crippen molar-refractivity contribution in [2.24, 2.45) is 0 Å². The van der Waals surface area contributed by atoms with Gasteiger partial charge in [-0.2, -0.15) is 0 Å². The average Bonchev–Trinajstić information content (AvgIpc) is 2.26. The summed E-state index contributed by atoms with van der Waals surface area (Å²) in [5.74, 6) is -1.33. The first-order chi connectivity index (χ1) is 9.17. The summed E-state index contributed by atoms with van der Waals surface area (Å²) < 4.78 is 22.1. The van der Waals surface area contributed by atoms with Gasteiger partial charge in [-0.15, -0.1) is 0 Å². The molecule has 0 saturated carbocycles. The van der Waals surface area contributed by atoms with Crippen molar-refractivity contribution in [1.29, 1.82) is 0 Å². The topological polar surface area (TPSA) is 125 Å². The summed E-state index contributed by atoms with van der Waals surface area (Å²) in [4.78, 5) is 25.8. The first kappa shape index (κ1) is 15.9. The number of amides is 2. The molecule has 1 atom stereocenters. The summed E-state index contributed by atoms with van der Waals surface area (Å²) >= 11 is 0. The van der Waals surface area contributed by atoms with E-state index in [2.05, 4.69) is 15.6 Å². The molecule has 0 bridgehead atoms. The molecule has 1 unspecified atom stereocenters. The van der Waals surface area contributed by atoms with Gasteiger partial charge in [0.15, 0.2) is 0 Å². The van der Waals surface area contributed by atoms with Crippen LogP contribution >= 0.6 is 0 Å². The van der Waals surface area contributed by atoms with Crippen LogP contribution in [-0.2, 0) is 9.84 Å². The lowest BCUT2D eigenvalue weighted by Gasteiger charge is -2.13. The van der Waals surface area contributed by atoms with E-state index in [1.165, 1.54) is 18.3 Å². The minimum atomic E-state index is -3.18. The van der Waals surface area contributed by atoms with Gasteiger partial charge in [-0.05, 0) is 19.1 Å². The first-order valence-electron chi connectivity index (χ1n) is 5.62. The standard InChI is InChI=1S/C11H15N3O5S/c1-7(6-20(2,18)19)13-11(17)14-8-3-4-9(10(15)16)12-5-8/h3-5,7H,6H2,1-2H3,(H,15,16)(H2,13,14,17). The Balaban J connectivity index is 2.56. The molecule has 2 amide bonds. The van der Waals surface area contributed by atoms with Crippen LogP contribution in [0.25, 0.3) is 0 Å². The van der Waals surface area contributed by atoms with Gasteiger partial charge in [0.2, 0.25) is 0 Å². The van der Waals surface area contributed by atoms with Gasteiger partial charge in [0, 0.05) is 12.3 Å². The van der Waals surface area contributed by atoms with Crippen LogP contribution in [0.3, 0.4) is 0 Å². The minimum absolute atomic E-state index is 0.138. The molecule has 0 aromatic carbocycles. The second-order valence-electron chi connectivity index (χ2n) is 4.33. The lowest BCUT2D eigenvalue weighted by atomic mass is 10.3. The molecule has 0 aliphatic carbocycles. The van der Waals surface area contributed by atoms with Crippen molar-refractivity contribution < 1.29 is 23.1 Å². The fourth-order valence-electron chi connectivity index (χ4n) is 1.48. The number of pyridine rings is 1. The van der Waals surface area contributed by atoms with Crippen LogP contribution in [0.5, 0.6) is 0 Å². The predicted octanol–water partition coefficient (Wildman–Crippen LogP) is 0.334. The van der Waals surface area contributed by atoms with Crippen LogP contribution in [0, 0.1) is 0 Å². The van der Waals surface area contributed by atoms with Crippen molar-refractivity contribution in [2.45, 2.75) is 13.0 Å². The SMILES string of the molecule is CC(CS(C)(=O)=O)NC(=O)Nc1ccc(C(=O)O)nc1. The number of aromatic nitrogens is 1. The Bertz CT molecular complexity index is 597. The molecule has 110 valence electrons. The maximum atomic E-state index is 11.6. The Morgan fingerprint density at radius 1 is 1.40 bits per heavy atom. The Kier molecular flexibility index (Phi) is 5.03. The number of urea groups is 1. The van der Waals surface area contributed by atoms with Gasteiger partial charge in [0.05, 0.1) is 17.6 Å². The molecule has 20 heavy (non-hydrogen) atoms. The minimum Gasteiger partial charge on any atom is -0.477 e. The molecule has 0 aliphatic heterocycles. The monoisotopic (exact) mass is 301 g/mol. The number of aromatic carboxylic acids is 1. The summed E-state index contributed by atoms with van der Waals surface area (Å²) in [6.07, 6.45) is 2.28. The number of nitrogens with one attached hydrogen (secondary N) is 2. The summed E-state index contributed by atoms with van der Waals surface area (Å²) in [5, 5.41) is 13.5. The highest BCUT2D eigenvalue weighted by Crippen LogP contribution is 2.06. The molecule has 1 aromatic rings. The number of anilines is 1. The Hall–Kier alpha value is -2.16. The summed E-state index contributed by atoms with van der Waals surface area (Å²) in [5.41, 5.74) is 0.167. The average molecular weight is 301 g/mol. The number of carboxylic acids is 1. The number of rotatable bonds is 5. The van der Waals surface area contributed by atoms with Gasteiger partial charge in [-0.3, -0.25) is 0 Å². The van der Waals surface area contributed by atoms with E-state index in [0.717, 1.165) is 6.26 Å². The van der Waals surface area contributed by atoms with Crippen molar-refractivity contribution in [1.82, 2.24) is 10.3 Å². The maximum absolute atomic E-state index is 11.6. The molecule has 0 aliphatic rings. The number of hydrogen-bond acceptors (Lipinski definition) is 5. The van der Waals surface area contributed by atoms with Crippen molar-refractivity contribution in [3.63, 3.8) is 0 Å². The van der Waals surface area contributed by atoms with Crippen molar-refractivity contribution in [3.05, 3.63) is 24.0 Å². The largest absolute Gasteiger partial charge is 0.477 e. The Morgan fingerprint density at radius 2 is 2.05 bits per heavy atom. The molecular weight excluding hydrogens is 286 g/mol. The molecule has 1 aromatic heterocycles. The third-order valence-corrected chi connectivity index (χ3v) is 3.28. The second kappa shape index (κ2) is 6.33. The molecule has 0 saturated heterocycles. The lowest BCUT2D eigenvalue weighted by molar-refractivity contribution is 0.0690. The highest BCUT2D eigenvalue weighted by molar-refractivity contribution is 7.90. The van der Waals surface area contributed by atoms with Crippen LogP contribution in [0.2, 0.25) is 0 Å². The van der Waals surface area contributed by atoms with Gasteiger partial charge in [0.1, 0.15) is 15.5 Å². The molecule has 1 heterocycles. The van der Waals surface area contributed by atoms with Crippen LogP contribution < -0.4 is 10.6 Å². The highest BCUT2D eigenvalue weighted by Gasteiger charge is 2.13. The van der Waals surface area contributed by atoms with Crippen LogP contribution in [0.1, 0.15) is 17.4 Å². The van der Waals surface area contributed by atoms with E-state index in [-0.39, 0.29) is 11.4 Å². The molecule has 3 N–H and O–H groups in total. The fraction of sp³-hybridized carbons (Fsp3) is 0.364. The van der Waals surface area contributed by atoms with E-state index in [9.17, 15) is 18.0 Å². The number of carbonyl (C=O) groups excluding carboxylic acids is 1. The lowest BCUT2D eigenvalue weighted by Crippen LogP contribution is -2.39. The molecule has 0 spiro atoms. The molecule has 9 heteroatoms. The highest BCUT2D eigenvalue weighted by atomic mass is 32.2. The van der Waals surface area contributed by atoms with E-state index < -0.39 is 27.9 Å². The molecule has 0 fully saturated rings. The summed E-state index contributed by atoms with van der Waals surface area (Å²) in [7, 11) is -3.18. The maximum Gasteiger partial charge on any atom is 0.354 e. The number of nitrogens with zero attached hydrogens (tertiary/aromatic N) is 1. The van der Waals surface area contributed by atoms with Gasteiger partial charge in [0.25, 0.3) is 0 Å². The van der Waals surface area contributed by atoms with Crippen LogP contribution in [0.15, 0.2) is 18.3 Å². The van der Waals surface area contributed by atoms with E-state index in [1.54, 1.807) is 6.92 Å². The van der Waals surface area contributed by atoms with E-state index in [4.69, 9.17) is 5.11 Å². The van der Waals surface area contributed by atoms with Crippen molar-refractivity contribution in [3.8, 4) is 0 Å². The van der Waals surface area contributed by atoms with E-state index in [0.29, 0.717) is 5.69 Å². The molecule has 1 rings (SSSR count). The number of hydrogen-bond donors (Lipinski definition) is 3. The van der Waals surface area contributed by atoms with Gasteiger partial charge < -0.3 is 15.7 Å².